The molecule has 4 nitrogen and oxygen atoms in total. The van der Waals surface area contributed by atoms with E-state index in [0.29, 0.717) is 16.9 Å². The van der Waals surface area contributed by atoms with Crippen LogP contribution in [0, 0.1) is 13.8 Å². The highest BCUT2D eigenvalue weighted by atomic mass is 32.1. The highest BCUT2D eigenvalue weighted by Gasteiger charge is 2.14. The molecule has 0 aliphatic carbocycles. The second-order valence-electron chi connectivity index (χ2n) is 4.23. The number of aryl methyl sites for hydroxylation is 2. The van der Waals surface area contributed by atoms with Gasteiger partial charge in [-0.2, -0.15) is 0 Å². The van der Waals surface area contributed by atoms with Crippen molar-refractivity contribution in [1.82, 2.24) is 0 Å². The quantitative estimate of drug-likeness (QED) is 0.642. The van der Waals surface area contributed by atoms with E-state index >= 15 is 0 Å². The van der Waals surface area contributed by atoms with Crippen LogP contribution in [0.4, 0.5) is 0 Å². The maximum Gasteiger partial charge on any atom is 0.344 e. The molecule has 0 N–H and O–H groups in total. The first-order valence-corrected chi connectivity index (χ1v) is 6.80. The number of thiophene rings is 1. The van der Waals surface area contributed by atoms with Gasteiger partial charge in [-0.25, -0.2) is 9.59 Å². The van der Waals surface area contributed by atoms with Gasteiger partial charge in [0.2, 0.25) is 0 Å². The number of benzene rings is 1. The Morgan fingerprint density at radius 3 is 2.20 bits per heavy atom. The van der Waals surface area contributed by atoms with Gasteiger partial charge in [-0.05, 0) is 44.2 Å². The van der Waals surface area contributed by atoms with Crippen LogP contribution in [0.15, 0.2) is 30.3 Å². The molecule has 0 amide bonds. The third-order valence-corrected chi connectivity index (χ3v) is 3.71. The number of carbonyl (C=O) groups excluding carboxylic acids is 2. The molecule has 0 spiro atoms. The van der Waals surface area contributed by atoms with E-state index in [1.54, 1.807) is 35.6 Å². The van der Waals surface area contributed by atoms with Gasteiger partial charge in [0.15, 0.2) is 0 Å². The summed E-state index contributed by atoms with van der Waals surface area (Å²) >= 11 is 1.56. The molecule has 0 saturated carbocycles. The summed E-state index contributed by atoms with van der Waals surface area (Å²) in [5.74, 6) is -0.421. The molecular formula is C15H14O4S. The normalized spacial score (nSPS) is 10.2. The van der Waals surface area contributed by atoms with E-state index < -0.39 is 11.9 Å². The Balaban J connectivity index is 2.12. The Hall–Kier alpha value is -2.14. The summed E-state index contributed by atoms with van der Waals surface area (Å²) in [6.07, 6.45) is 0. The first-order chi connectivity index (χ1) is 9.51. The lowest BCUT2D eigenvalue weighted by Gasteiger charge is -2.04. The van der Waals surface area contributed by atoms with Crippen molar-refractivity contribution in [1.29, 1.82) is 0 Å². The molecule has 20 heavy (non-hydrogen) atoms. The van der Waals surface area contributed by atoms with Crippen molar-refractivity contribution in [3.05, 3.63) is 51.2 Å². The number of ether oxygens (including phenoxy) is 2. The molecule has 104 valence electrons. The van der Waals surface area contributed by atoms with Crippen molar-refractivity contribution in [3.8, 4) is 5.75 Å². The van der Waals surface area contributed by atoms with Crippen molar-refractivity contribution >= 4 is 23.3 Å². The SMILES string of the molecule is COC(=O)c1ccc(OC(=O)c2cc(C)sc2C)cc1. The number of hydrogen-bond acceptors (Lipinski definition) is 5. The zero-order valence-corrected chi connectivity index (χ0v) is 12.2. The Morgan fingerprint density at radius 2 is 1.70 bits per heavy atom. The van der Waals surface area contributed by atoms with Crippen LogP contribution in [0.1, 0.15) is 30.5 Å². The minimum absolute atomic E-state index is 0.391. The van der Waals surface area contributed by atoms with Crippen LogP contribution in [0.2, 0.25) is 0 Å². The molecular weight excluding hydrogens is 276 g/mol. The first-order valence-electron chi connectivity index (χ1n) is 5.99. The van der Waals surface area contributed by atoms with Gasteiger partial charge in [0.05, 0.1) is 18.2 Å². The first kappa shape index (κ1) is 14.3. The zero-order chi connectivity index (χ0) is 14.7. The van der Waals surface area contributed by atoms with Crippen LogP contribution in [0.25, 0.3) is 0 Å². The molecule has 0 fully saturated rings. The van der Waals surface area contributed by atoms with Crippen LogP contribution in [0.3, 0.4) is 0 Å². The van der Waals surface area contributed by atoms with Crippen LogP contribution in [0.5, 0.6) is 5.75 Å². The molecule has 5 heteroatoms. The van der Waals surface area contributed by atoms with Gasteiger partial charge in [0, 0.05) is 9.75 Å². The van der Waals surface area contributed by atoms with Gasteiger partial charge in [0.1, 0.15) is 5.75 Å². The van der Waals surface area contributed by atoms with E-state index in [1.165, 1.54) is 7.11 Å². The molecule has 0 saturated heterocycles. The minimum Gasteiger partial charge on any atom is -0.465 e. The average Bonchev–Trinajstić information content (AvgIpc) is 2.78. The largest absolute Gasteiger partial charge is 0.465 e. The van der Waals surface area contributed by atoms with Crippen molar-refractivity contribution in [2.45, 2.75) is 13.8 Å². The Kier molecular flexibility index (Phi) is 4.20. The summed E-state index contributed by atoms with van der Waals surface area (Å²) < 4.78 is 9.88. The predicted octanol–water partition coefficient (Wildman–Crippen LogP) is 3.37. The molecule has 0 aliphatic rings. The van der Waals surface area contributed by atoms with Crippen LogP contribution >= 0.6 is 11.3 Å². The summed E-state index contributed by atoms with van der Waals surface area (Å²) in [6.45, 7) is 3.83. The van der Waals surface area contributed by atoms with E-state index in [4.69, 9.17) is 4.74 Å². The maximum absolute atomic E-state index is 12.0. The monoisotopic (exact) mass is 290 g/mol. The number of methoxy groups -OCH3 is 1. The fourth-order valence-corrected chi connectivity index (χ4v) is 2.68. The summed E-state index contributed by atoms with van der Waals surface area (Å²) in [5, 5.41) is 0. The second kappa shape index (κ2) is 5.88. The van der Waals surface area contributed by atoms with Gasteiger partial charge in [0.25, 0.3) is 0 Å². The molecule has 1 aromatic heterocycles. The van der Waals surface area contributed by atoms with E-state index in [1.807, 2.05) is 19.9 Å². The number of rotatable bonds is 3. The summed E-state index contributed by atoms with van der Waals surface area (Å²) in [4.78, 5) is 25.3. The highest BCUT2D eigenvalue weighted by molar-refractivity contribution is 7.12. The molecule has 0 radical (unpaired) electrons. The minimum atomic E-state index is -0.424. The van der Waals surface area contributed by atoms with E-state index in [2.05, 4.69) is 4.74 Å². The number of carbonyl (C=O) groups is 2. The van der Waals surface area contributed by atoms with Gasteiger partial charge < -0.3 is 9.47 Å². The fourth-order valence-electron chi connectivity index (χ4n) is 1.77. The van der Waals surface area contributed by atoms with Crippen molar-refractivity contribution in [3.63, 3.8) is 0 Å². The lowest BCUT2D eigenvalue weighted by Crippen LogP contribution is -2.09. The molecule has 0 atom stereocenters. The number of esters is 2. The molecule has 1 heterocycles. The van der Waals surface area contributed by atoms with Crippen molar-refractivity contribution in [2.75, 3.05) is 7.11 Å². The Bertz CT molecular complexity index is 640. The van der Waals surface area contributed by atoms with Gasteiger partial charge in [-0.3, -0.25) is 0 Å². The van der Waals surface area contributed by atoms with E-state index in [0.717, 1.165) is 9.75 Å². The summed E-state index contributed by atoms with van der Waals surface area (Å²) in [7, 11) is 1.32. The van der Waals surface area contributed by atoms with Crippen molar-refractivity contribution in [2.24, 2.45) is 0 Å². The van der Waals surface area contributed by atoms with Gasteiger partial charge in [-0.1, -0.05) is 0 Å². The third kappa shape index (κ3) is 3.05. The summed E-state index contributed by atoms with van der Waals surface area (Å²) in [6, 6.07) is 8.06. The molecule has 1 aromatic carbocycles. The standard InChI is InChI=1S/C15H14O4S/c1-9-8-13(10(2)20-9)15(17)19-12-6-4-11(5-7-12)14(16)18-3/h4-8H,1-3H3. The molecule has 0 bridgehead atoms. The molecule has 2 aromatic rings. The zero-order valence-electron chi connectivity index (χ0n) is 11.4. The Labute approximate surface area is 121 Å². The number of hydrogen-bond donors (Lipinski definition) is 0. The lowest BCUT2D eigenvalue weighted by molar-refractivity contribution is 0.0600. The molecule has 0 unspecified atom stereocenters. The third-order valence-electron chi connectivity index (χ3n) is 2.75. The van der Waals surface area contributed by atoms with E-state index in [9.17, 15) is 9.59 Å². The molecule has 2 rings (SSSR count). The molecule has 0 aliphatic heterocycles. The Morgan fingerprint density at radius 1 is 1.05 bits per heavy atom. The lowest BCUT2D eigenvalue weighted by atomic mass is 10.2. The van der Waals surface area contributed by atoms with Crippen LogP contribution < -0.4 is 4.74 Å². The van der Waals surface area contributed by atoms with Crippen molar-refractivity contribution < 1.29 is 19.1 Å². The van der Waals surface area contributed by atoms with Crippen LogP contribution in [-0.4, -0.2) is 19.0 Å². The topological polar surface area (TPSA) is 52.6 Å². The maximum atomic E-state index is 12.0. The smallest absolute Gasteiger partial charge is 0.344 e. The van der Waals surface area contributed by atoms with Gasteiger partial charge >= 0.3 is 11.9 Å². The van der Waals surface area contributed by atoms with E-state index in [-0.39, 0.29) is 0 Å². The average molecular weight is 290 g/mol. The predicted molar refractivity (Wildman–Crippen MR) is 76.5 cm³/mol. The van der Waals surface area contributed by atoms with Crippen LogP contribution in [-0.2, 0) is 4.74 Å². The fraction of sp³-hybridized carbons (Fsp3) is 0.200. The van der Waals surface area contributed by atoms with Gasteiger partial charge in [-0.15, -0.1) is 11.3 Å². The highest BCUT2D eigenvalue weighted by Crippen LogP contribution is 2.22. The second-order valence-corrected chi connectivity index (χ2v) is 5.69. The summed E-state index contributed by atoms with van der Waals surface area (Å²) in [5.41, 5.74) is 0.986.